The number of hydrogen-bond donors (Lipinski definition) is 2. The number of nitrogens with one attached hydrogen (secondary N) is 2. The molecular weight excluding hydrogens is 402 g/mol. The zero-order valence-electron chi connectivity index (χ0n) is 17.8. The van der Waals surface area contributed by atoms with Gasteiger partial charge >= 0.3 is 0 Å². The van der Waals surface area contributed by atoms with Gasteiger partial charge in [-0.3, -0.25) is 4.79 Å². The van der Waals surface area contributed by atoms with Crippen molar-refractivity contribution < 1.29 is 9.53 Å². The summed E-state index contributed by atoms with van der Waals surface area (Å²) in [5, 5.41) is 15.1. The van der Waals surface area contributed by atoms with Gasteiger partial charge < -0.3 is 15.4 Å². The van der Waals surface area contributed by atoms with E-state index in [1.807, 2.05) is 23.7 Å². The van der Waals surface area contributed by atoms with Crippen LogP contribution in [0.25, 0.3) is 0 Å². The van der Waals surface area contributed by atoms with E-state index in [0.717, 1.165) is 50.2 Å². The number of halogens is 1. The monoisotopic (exact) mass is 433 g/mol. The molecule has 7 nitrogen and oxygen atoms in total. The van der Waals surface area contributed by atoms with E-state index in [1.165, 1.54) is 18.4 Å². The summed E-state index contributed by atoms with van der Waals surface area (Å²) in [4.78, 5) is 13.0. The summed E-state index contributed by atoms with van der Waals surface area (Å²) >= 11 is 0. The maximum absolute atomic E-state index is 13.0. The lowest BCUT2D eigenvalue weighted by molar-refractivity contribution is 0.0937. The Hall–Kier alpha value is -2.12. The van der Waals surface area contributed by atoms with Crippen LogP contribution < -0.4 is 15.4 Å². The van der Waals surface area contributed by atoms with Crippen LogP contribution in [0, 0.1) is 6.92 Å². The van der Waals surface area contributed by atoms with Crippen molar-refractivity contribution in [2.24, 2.45) is 0 Å². The second-order valence-electron chi connectivity index (χ2n) is 8.32. The molecule has 2 N–H and O–H groups in total. The average Bonchev–Trinajstić information content (AvgIpc) is 3.40. The largest absolute Gasteiger partial charge is 0.496 e. The molecular formula is C22H32ClN5O2. The Kier molecular flexibility index (Phi) is 7.36. The SMILES string of the molecule is COc1ccccc1C1(CNC(=O)c2nnn(C3CCNCC3)c2C)CCCC1.Cl. The minimum absolute atomic E-state index is 0. The van der Waals surface area contributed by atoms with Crippen molar-refractivity contribution in [2.45, 2.75) is 56.9 Å². The number of rotatable bonds is 6. The molecule has 1 amide bonds. The van der Waals surface area contributed by atoms with Gasteiger partial charge in [0.25, 0.3) is 5.91 Å². The number of nitrogens with zero attached hydrogens (tertiary/aromatic N) is 3. The summed E-state index contributed by atoms with van der Waals surface area (Å²) in [5.74, 6) is 0.764. The molecule has 2 aromatic rings. The predicted octanol–water partition coefficient (Wildman–Crippen LogP) is 3.18. The van der Waals surface area contributed by atoms with Gasteiger partial charge in [-0.1, -0.05) is 36.3 Å². The highest BCUT2D eigenvalue weighted by Gasteiger charge is 2.38. The fraction of sp³-hybridized carbons (Fsp3) is 0.591. The summed E-state index contributed by atoms with van der Waals surface area (Å²) in [6.07, 6.45) is 6.46. The third-order valence-corrected chi connectivity index (χ3v) is 6.62. The zero-order chi connectivity index (χ0) is 20.3. The Morgan fingerprint density at radius 3 is 2.67 bits per heavy atom. The highest BCUT2D eigenvalue weighted by Crippen LogP contribution is 2.44. The summed E-state index contributed by atoms with van der Waals surface area (Å²) < 4.78 is 7.55. The van der Waals surface area contributed by atoms with Gasteiger partial charge in [-0.2, -0.15) is 0 Å². The number of benzene rings is 1. The van der Waals surface area contributed by atoms with Crippen molar-refractivity contribution in [1.82, 2.24) is 25.6 Å². The lowest BCUT2D eigenvalue weighted by Crippen LogP contribution is -2.39. The molecule has 8 heteroatoms. The predicted molar refractivity (Wildman–Crippen MR) is 119 cm³/mol. The van der Waals surface area contributed by atoms with E-state index >= 15 is 0 Å². The molecule has 1 saturated carbocycles. The van der Waals surface area contributed by atoms with E-state index in [9.17, 15) is 4.79 Å². The average molecular weight is 434 g/mol. The Morgan fingerprint density at radius 1 is 1.27 bits per heavy atom. The summed E-state index contributed by atoms with van der Waals surface area (Å²) in [7, 11) is 1.71. The number of carbonyl (C=O) groups excluding carboxylic acids is 1. The van der Waals surface area contributed by atoms with Crippen molar-refractivity contribution in [3.8, 4) is 5.75 Å². The van der Waals surface area contributed by atoms with Gasteiger partial charge in [0, 0.05) is 17.5 Å². The van der Waals surface area contributed by atoms with Crippen LogP contribution in [0.4, 0.5) is 0 Å². The molecule has 30 heavy (non-hydrogen) atoms. The molecule has 0 bridgehead atoms. The molecule has 1 aromatic heterocycles. The van der Waals surface area contributed by atoms with Gasteiger partial charge in [0.15, 0.2) is 5.69 Å². The fourth-order valence-corrected chi connectivity index (χ4v) is 4.96. The number of ether oxygens (including phenoxy) is 1. The number of aromatic nitrogens is 3. The number of carbonyl (C=O) groups is 1. The minimum Gasteiger partial charge on any atom is -0.496 e. The van der Waals surface area contributed by atoms with Crippen molar-refractivity contribution in [1.29, 1.82) is 0 Å². The zero-order valence-corrected chi connectivity index (χ0v) is 18.6. The maximum atomic E-state index is 13.0. The Balaban J connectivity index is 0.00000256. The number of amides is 1. The van der Waals surface area contributed by atoms with E-state index in [-0.39, 0.29) is 23.7 Å². The Bertz CT molecular complexity index is 857. The van der Waals surface area contributed by atoms with E-state index in [0.29, 0.717) is 18.3 Å². The second-order valence-corrected chi connectivity index (χ2v) is 8.32. The standard InChI is InChI=1S/C22H31N5O2.ClH/c1-16-20(25-26-27(16)17-9-13-23-14-10-17)21(28)24-15-22(11-5-6-12-22)18-7-3-4-8-19(18)29-2;/h3-4,7-8,17,23H,5-6,9-15H2,1-2H3,(H,24,28);1H. The van der Waals surface area contributed by atoms with Crippen molar-refractivity contribution >= 4 is 18.3 Å². The van der Waals surface area contributed by atoms with Crippen molar-refractivity contribution in [3.63, 3.8) is 0 Å². The highest BCUT2D eigenvalue weighted by molar-refractivity contribution is 5.93. The Morgan fingerprint density at radius 2 is 1.97 bits per heavy atom. The molecule has 2 fully saturated rings. The minimum atomic E-state index is -0.135. The first kappa shape index (κ1) is 22.6. The van der Waals surface area contributed by atoms with E-state index < -0.39 is 0 Å². The molecule has 4 rings (SSSR count). The highest BCUT2D eigenvalue weighted by atomic mass is 35.5. The molecule has 0 spiro atoms. The number of methoxy groups -OCH3 is 1. The van der Waals surface area contributed by atoms with Gasteiger partial charge in [0.2, 0.25) is 0 Å². The van der Waals surface area contributed by atoms with Crippen molar-refractivity contribution in [3.05, 3.63) is 41.2 Å². The third kappa shape index (κ3) is 4.32. The summed E-state index contributed by atoms with van der Waals surface area (Å²) in [5.41, 5.74) is 2.40. The molecule has 1 saturated heterocycles. The van der Waals surface area contributed by atoms with Crippen LogP contribution >= 0.6 is 12.4 Å². The molecule has 1 aliphatic heterocycles. The smallest absolute Gasteiger partial charge is 0.273 e. The molecule has 1 aromatic carbocycles. The van der Waals surface area contributed by atoms with Crippen LogP contribution in [0.1, 0.15) is 66.3 Å². The van der Waals surface area contributed by atoms with Crippen LogP contribution in [0.15, 0.2) is 24.3 Å². The van der Waals surface area contributed by atoms with Crippen LogP contribution in [0.5, 0.6) is 5.75 Å². The fourth-order valence-electron chi connectivity index (χ4n) is 4.96. The first-order valence-corrected chi connectivity index (χ1v) is 10.7. The first-order chi connectivity index (χ1) is 14.1. The van der Waals surface area contributed by atoms with Gasteiger partial charge in [0.05, 0.1) is 18.8 Å². The summed E-state index contributed by atoms with van der Waals surface area (Å²) in [6.45, 7) is 4.49. The first-order valence-electron chi connectivity index (χ1n) is 10.7. The third-order valence-electron chi connectivity index (χ3n) is 6.62. The molecule has 2 heterocycles. The molecule has 1 aliphatic carbocycles. The molecule has 0 radical (unpaired) electrons. The van der Waals surface area contributed by atoms with Crippen LogP contribution in [-0.2, 0) is 5.41 Å². The number of para-hydroxylation sites is 1. The lowest BCUT2D eigenvalue weighted by atomic mass is 9.78. The van der Waals surface area contributed by atoms with Gasteiger partial charge in [0.1, 0.15) is 5.75 Å². The van der Waals surface area contributed by atoms with Gasteiger partial charge in [-0.25, -0.2) is 4.68 Å². The Labute approximate surface area is 184 Å². The van der Waals surface area contributed by atoms with Crippen molar-refractivity contribution in [2.75, 3.05) is 26.7 Å². The lowest BCUT2D eigenvalue weighted by Gasteiger charge is -2.31. The molecule has 0 atom stereocenters. The topological polar surface area (TPSA) is 81.1 Å². The molecule has 164 valence electrons. The second kappa shape index (κ2) is 9.79. The quantitative estimate of drug-likeness (QED) is 0.731. The van der Waals surface area contributed by atoms with Gasteiger partial charge in [-0.15, -0.1) is 17.5 Å². The van der Waals surface area contributed by atoms with Crippen LogP contribution in [0.3, 0.4) is 0 Å². The van der Waals surface area contributed by atoms with Gasteiger partial charge in [-0.05, 0) is 51.8 Å². The maximum Gasteiger partial charge on any atom is 0.273 e. The van der Waals surface area contributed by atoms with Crippen LogP contribution in [-0.4, -0.2) is 47.6 Å². The normalized spacial score (nSPS) is 18.6. The molecule has 2 aliphatic rings. The number of piperidine rings is 1. The van der Waals surface area contributed by atoms with E-state index in [2.05, 4.69) is 33.1 Å². The number of hydrogen-bond acceptors (Lipinski definition) is 5. The molecule has 0 unspecified atom stereocenters. The van der Waals surface area contributed by atoms with Crippen LogP contribution in [0.2, 0.25) is 0 Å². The summed E-state index contributed by atoms with van der Waals surface area (Å²) in [6, 6.07) is 8.50. The van der Waals surface area contributed by atoms with E-state index in [1.54, 1.807) is 7.11 Å². The van der Waals surface area contributed by atoms with E-state index in [4.69, 9.17) is 4.74 Å².